The Kier molecular flexibility index (Phi) is 2.74. The molecule has 1 amide bonds. The molecule has 0 unspecified atom stereocenters. The summed E-state index contributed by atoms with van der Waals surface area (Å²) in [6.07, 6.45) is 1.02. The van der Waals surface area contributed by atoms with Crippen LogP contribution >= 0.6 is 0 Å². The Balaban J connectivity index is 1.52. The van der Waals surface area contributed by atoms with Crippen LogP contribution in [0.3, 0.4) is 0 Å². The Labute approximate surface area is 106 Å². The maximum atomic E-state index is 11.9. The third kappa shape index (κ3) is 2.20. The highest BCUT2D eigenvalue weighted by atomic mass is 16.6. The molecule has 2 heterocycles. The summed E-state index contributed by atoms with van der Waals surface area (Å²) in [6.45, 7) is 3.75. The van der Waals surface area contributed by atoms with Crippen LogP contribution in [0.4, 0.5) is 4.79 Å². The Bertz CT molecular complexity index is 448. The van der Waals surface area contributed by atoms with Gasteiger partial charge in [0, 0.05) is 6.54 Å². The number of ether oxygens (including phenoxy) is 2. The van der Waals surface area contributed by atoms with E-state index in [-0.39, 0.29) is 11.7 Å². The lowest BCUT2D eigenvalue weighted by molar-refractivity contribution is 0.0855. The molecular formula is C14H17NO3. The van der Waals surface area contributed by atoms with Crippen LogP contribution in [-0.2, 0) is 16.1 Å². The number of nitrogens with zero attached hydrogens (tertiary/aromatic N) is 1. The monoisotopic (exact) mass is 247 g/mol. The van der Waals surface area contributed by atoms with Gasteiger partial charge in [-0.1, -0.05) is 30.3 Å². The number of carbonyl (C=O) groups excluding carboxylic acids is 1. The number of hydrogen-bond donors (Lipinski definition) is 0. The first kappa shape index (κ1) is 11.5. The maximum Gasteiger partial charge on any atom is 0.410 e. The summed E-state index contributed by atoms with van der Waals surface area (Å²) >= 11 is 0. The van der Waals surface area contributed by atoms with Gasteiger partial charge in [0.2, 0.25) is 0 Å². The van der Waals surface area contributed by atoms with Gasteiger partial charge in [-0.15, -0.1) is 0 Å². The molecule has 0 N–H and O–H groups in total. The molecule has 2 fully saturated rings. The smallest absolute Gasteiger partial charge is 0.410 e. The van der Waals surface area contributed by atoms with Gasteiger partial charge < -0.3 is 14.4 Å². The van der Waals surface area contributed by atoms with E-state index in [9.17, 15) is 4.79 Å². The zero-order valence-electron chi connectivity index (χ0n) is 10.5. The molecule has 0 radical (unpaired) electrons. The van der Waals surface area contributed by atoms with Gasteiger partial charge in [0.05, 0.1) is 12.6 Å². The van der Waals surface area contributed by atoms with Crippen LogP contribution in [0.2, 0.25) is 0 Å². The first-order chi connectivity index (χ1) is 8.67. The molecule has 4 nitrogen and oxygen atoms in total. The van der Waals surface area contributed by atoms with E-state index in [0.29, 0.717) is 19.3 Å². The first-order valence-corrected chi connectivity index (χ1v) is 6.31. The fraction of sp³-hybridized carbons (Fsp3) is 0.500. The lowest BCUT2D eigenvalue weighted by Gasteiger charge is -2.27. The van der Waals surface area contributed by atoms with Crippen molar-refractivity contribution in [2.24, 2.45) is 0 Å². The number of piperidine rings is 1. The SMILES string of the molecule is C[C@@]12CN(C(=O)OCc3ccccc3)CC[C@@H]1O2. The van der Waals surface area contributed by atoms with E-state index in [1.807, 2.05) is 37.3 Å². The quantitative estimate of drug-likeness (QED) is 0.752. The summed E-state index contributed by atoms with van der Waals surface area (Å²) in [4.78, 5) is 13.7. The maximum absolute atomic E-state index is 11.9. The molecule has 18 heavy (non-hydrogen) atoms. The number of amides is 1. The molecular weight excluding hydrogens is 230 g/mol. The first-order valence-electron chi connectivity index (χ1n) is 6.31. The topological polar surface area (TPSA) is 42.1 Å². The van der Waals surface area contributed by atoms with Gasteiger partial charge in [0.15, 0.2) is 0 Å². The van der Waals surface area contributed by atoms with Crippen LogP contribution in [0.25, 0.3) is 0 Å². The summed E-state index contributed by atoms with van der Waals surface area (Å²) in [5.41, 5.74) is 0.888. The lowest BCUT2D eigenvalue weighted by Crippen LogP contribution is -2.43. The summed E-state index contributed by atoms with van der Waals surface area (Å²) in [5.74, 6) is 0. The number of epoxide rings is 1. The van der Waals surface area contributed by atoms with Crippen molar-refractivity contribution in [3.8, 4) is 0 Å². The van der Waals surface area contributed by atoms with Crippen molar-refractivity contribution in [2.45, 2.75) is 31.7 Å². The molecule has 1 aromatic rings. The Morgan fingerprint density at radius 3 is 3.00 bits per heavy atom. The van der Waals surface area contributed by atoms with Gasteiger partial charge in [-0.05, 0) is 18.9 Å². The van der Waals surface area contributed by atoms with Crippen molar-refractivity contribution in [1.82, 2.24) is 4.90 Å². The van der Waals surface area contributed by atoms with Crippen molar-refractivity contribution >= 4 is 6.09 Å². The van der Waals surface area contributed by atoms with Gasteiger partial charge in [-0.25, -0.2) is 4.79 Å². The van der Waals surface area contributed by atoms with E-state index in [1.54, 1.807) is 4.90 Å². The van der Waals surface area contributed by atoms with Gasteiger partial charge in [-0.3, -0.25) is 0 Å². The van der Waals surface area contributed by atoms with E-state index < -0.39 is 0 Å². The number of hydrogen-bond acceptors (Lipinski definition) is 3. The average Bonchev–Trinajstić information content (AvgIpc) is 3.07. The summed E-state index contributed by atoms with van der Waals surface area (Å²) in [7, 11) is 0. The second-order valence-electron chi connectivity index (χ2n) is 5.17. The zero-order valence-corrected chi connectivity index (χ0v) is 10.5. The van der Waals surface area contributed by atoms with E-state index in [2.05, 4.69) is 0 Å². The van der Waals surface area contributed by atoms with Gasteiger partial charge >= 0.3 is 6.09 Å². The molecule has 0 aromatic heterocycles. The normalized spacial score (nSPS) is 29.6. The van der Waals surface area contributed by atoms with Gasteiger partial charge in [0.25, 0.3) is 0 Å². The van der Waals surface area contributed by atoms with Crippen molar-refractivity contribution < 1.29 is 14.3 Å². The molecule has 0 aliphatic carbocycles. The minimum absolute atomic E-state index is 0.121. The zero-order chi connectivity index (χ0) is 12.6. The summed E-state index contributed by atoms with van der Waals surface area (Å²) in [6, 6.07) is 9.72. The van der Waals surface area contributed by atoms with Crippen LogP contribution in [-0.4, -0.2) is 35.8 Å². The highest BCUT2D eigenvalue weighted by molar-refractivity contribution is 5.68. The van der Waals surface area contributed by atoms with Crippen molar-refractivity contribution in [3.63, 3.8) is 0 Å². The molecule has 4 heteroatoms. The van der Waals surface area contributed by atoms with Crippen molar-refractivity contribution in [2.75, 3.05) is 13.1 Å². The lowest BCUT2D eigenvalue weighted by atomic mass is 10.0. The summed E-state index contributed by atoms with van der Waals surface area (Å²) in [5, 5.41) is 0. The standard InChI is InChI=1S/C14H17NO3/c1-14-10-15(8-7-12(14)18-14)13(16)17-9-11-5-3-2-4-6-11/h2-6,12H,7-10H2,1H3/t12-,14+/m0/s1. The molecule has 0 bridgehead atoms. The number of benzene rings is 1. The van der Waals surface area contributed by atoms with Crippen LogP contribution in [0, 0.1) is 0 Å². The van der Waals surface area contributed by atoms with Crippen molar-refractivity contribution in [3.05, 3.63) is 35.9 Å². The molecule has 2 atom stereocenters. The predicted octanol–water partition coefficient (Wildman–Crippen LogP) is 2.19. The fourth-order valence-electron chi connectivity index (χ4n) is 2.49. The fourth-order valence-corrected chi connectivity index (χ4v) is 2.49. The van der Waals surface area contributed by atoms with E-state index in [4.69, 9.17) is 9.47 Å². The third-order valence-corrected chi connectivity index (χ3v) is 3.66. The minimum Gasteiger partial charge on any atom is -0.445 e. The highest BCUT2D eigenvalue weighted by Crippen LogP contribution is 2.42. The van der Waals surface area contributed by atoms with E-state index >= 15 is 0 Å². The van der Waals surface area contributed by atoms with Crippen LogP contribution in [0.15, 0.2) is 30.3 Å². The largest absolute Gasteiger partial charge is 0.445 e. The number of carbonyl (C=O) groups is 1. The number of fused-ring (bicyclic) bond motifs is 1. The third-order valence-electron chi connectivity index (χ3n) is 3.66. The average molecular weight is 247 g/mol. The second-order valence-corrected chi connectivity index (χ2v) is 5.17. The van der Waals surface area contributed by atoms with E-state index in [1.165, 1.54) is 0 Å². The van der Waals surface area contributed by atoms with Gasteiger partial charge in [-0.2, -0.15) is 0 Å². The van der Waals surface area contributed by atoms with Crippen LogP contribution in [0.1, 0.15) is 18.9 Å². The second kappa shape index (κ2) is 4.28. The highest BCUT2D eigenvalue weighted by Gasteiger charge is 2.56. The molecule has 1 aromatic carbocycles. The number of likely N-dealkylation sites (tertiary alicyclic amines) is 1. The Hall–Kier alpha value is -1.55. The molecule has 3 rings (SSSR count). The molecule has 0 saturated carbocycles. The van der Waals surface area contributed by atoms with E-state index in [0.717, 1.165) is 18.5 Å². The Morgan fingerprint density at radius 1 is 1.50 bits per heavy atom. The molecule has 2 saturated heterocycles. The summed E-state index contributed by atoms with van der Waals surface area (Å²) < 4.78 is 10.9. The molecule has 2 aliphatic heterocycles. The predicted molar refractivity (Wildman–Crippen MR) is 66.1 cm³/mol. The Morgan fingerprint density at radius 2 is 2.28 bits per heavy atom. The van der Waals surface area contributed by atoms with Crippen LogP contribution < -0.4 is 0 Å². The molecule has 2 aliphatic rings. The minimum atomic E-state index is -0.242. The number of rotatable bonds is 2. The molecule has 96 valence electrons. The van der Waals surface area contributed by atoms with Crippen molar-refractivity contribution in [1.29, 1.82) is 0 Å². The molecule has 0 spiro atoms. The van der Waals surface area contributed by atoms with Crippen LogP contribution in [0.5, 0.6) is 0 Å². The van der Waals surface area contributed by atoms with Gasteiger partial charge in [0.1, 0.15) is 12.2 Å².